The summed E-state index contributed by atoms with van der Waals surface area (Å²) in [6, 6.07) is 7.85. The Labute approximate surface area is 145 Å². The molecule has 1 aromatic rings. The molecule has 5 heteroatoms. The maximum atomic E-state index is 10.2. The molecule has 2 unspecified atom stereocenters. The number of likely N-dealkylation sites (tertiary alicyclic amines) is 1. The Bertz CT molecular complexity index is 533. The molecule has 2 rings (SSSR count). The monoisotopic (exact) mass is 333 g/mol. The van der Waals surface area contributed by atoms with E-state index < -0.39 is 6.10 Å². The van der Waals surface area contributed by atoms with Crippen LogP contribution in [0.2, 0.25) is 0 Å². The highest BCUT2D eigenvalue weighted by Gasteiger charge is 2.19. The van der Waals surface area contributed by atoms with Crippen molar-refractivity contribution in [2.24, 2.45) is 10.9 Å². The van der Waals surface area contributed by atoms with Crippen molar-refractivity contribution in [3.05, 3.63) is 29.8 Å². The lowest BCUT2D eigenvalue weighted by Gasteiger charge is -2.33. The third-order valence-corrected chi connectivity index (χ3v) is 4.18. The molecule has 0 bridgehead atoms. The van der Waals surface area contributed by atoms with E-state index in [4.69, 9.17) is 4.74 Å². The van der Waals surface area contributed by atoms with Gasteiger partial charge in [0, 0.05) is 19.6 Å². The van der Waals surface area contributed by atoms with Crippen LogP contribution >= 0.6 is 0 Å². The second-order valence-corrected chi connectivity index (χ2v) is 6.67. The van der Waals surface area contributed by atoms with Gasteiger partial charge in [0.05, 0.1) is 6.54 Å². The summed E-state index contributed by atoms with van der Waals surface area (Å²) in [5, 5.41) is 13.5. The number of rotatable bonds is 6. The summed E-state index contributed by atoms with van der Waals surface area (Å²) in [6.45, 7) is 9.87. The third kappa shape index (κ3) is 6.04. The first-order valence-electron chi connectivity index (χ1n) is 8.99. The second kappa shape index (κ2) is 9.52. The normalized spacial score (nSPS) is 19.9. The van der Waals surface area contributed by atoms with Crippen LogP contribution in [0, 0.1) is 12.8 Å². The van der Waals surface area contributed by atoms with Gasteiger partial charge in [0.1, 0.15) is 18.5 Å². The van der Waals surface area contributed by atoms with Crippen molar-refractivity contribution in [1.29, 1.82) is 0 Å². The van der Waals surface area contributed by atoms with Crippen molar-refractivity contribution in [3.8, 4) is 5.75 Å². The van der Waals surface area contributed by atoms with Crippen LogP contribution in [-0.2, 0) is 0 Å². The van der Waals surface area contributed by atoms with Crippen LogP contribution in [-0.4, -0.2) is 54.9 Å². The number of piperidine rings is 1. The zero-order valence-electron chi connectivity index (χ0n) is 15.2. The first-order valence-corrected chi connectivity index (χ1v) is 8.99. The Kier molecular flexibility index (Phi) is 7.37. The molecule has 1 saturated heterocycles. The molecule has 5 nitrogen and oxygen atoms in total. The maximum Gasteiger partial charge on any atom is 0.194 e. The quantitative estimate of drug-likeness (QED) is 0.620. The van der Waals surface area contributed by atoms with E-state index in [1.54, 1.807) is 0 Å². The van der Waals surface area contributed by atoms with Crippen LogP contribution < -0.4 is 10.1 Å². The Balaban J connectivity index is 1.85. The molecule has 1 aliphatic rings. The molecule has 2 atom stereocenters. The minimum atomic E-state index is -0.610. The lowest BCUT2D eigenvalue weighted by atomic mass is 10.0. The summed E-state index contributed by atoms with van der Waals surface area (Å²) >= 11 is 0. The molecule has 1 fully saturated rings. The van der Waals surface area contributed by atoms with Gasteiger partial charge in [-0.15, -0.1) is 0 Å². The fourth-order valence-electron chi connectivity index (χ4n) is 2.95. The molecular formula is C19H31N3O2. The molecule has 1 aliphatic heterocycles. The minimum Gasteiger partial charge on any atom is -0.491 e. The van der Waals surface area contributed by atoms with Crippen LogP contribution in [0.25, 0.3) is 0 Å². The van der Waals surface area contributed by atoms with Gasteiger partial charge in [-0.1, -0.05) is 19.1 Å². The van der Waals surface area contributed by atoms with Gasteiger partial charge < -0.3 is 20.1 Å². The first kappa shape index (κ1) is 18.6. The van der Waals surface area contributed by atoms with Gasteiger partial charge in [0.2, 0.25) is 0 Å². The summed E-state index contributed by atoms with van der Waals surface area (Å²) < 4.78 is 5.65. The Morgan fingerprint density at radius 1 is 1.50 bits per heavy atom. The van der Waals surface area contributed by atoms with Gasteiger partial charge in [-0.25, -0.2) is 0 Å². The number of aliphatic hydroxyl groups is 1. The highest BCUT2D eigenvalue weighted by molar-refractivity contribution is 5.80. The maximum absolute atomic E-state index is 10.2. The van der Waals surface area contributed by atoms with Crippen LogP contribution in [0.3, 0.4) is 0 Å². The fraction of sp³-hybridized carbons (Fsp3) is 0.632. The van der Waals surface area contributed by atoms with Crippen molar-refractivity contribution >= 4 is 5.96 Å². The van der Waals surface area contributed by atoms with E-state index in [-0.39, 0.29) is 6.61 Å². The van der Waals surface area contributed by atoms with Crippen molar-refractivity contribution in [3.63, 3.8) is 0 Å². The molecule has 134 valence electrons. The third-order valence-electron chi connectivity index (χ3n) is 4.18. The van der Waals surface area contributed by atoms with E-state index in [1.165, 1.54) is 12.8 Å². The highest BCUT2D eigenvalue weighted by atomic mass is 16.5. The largest absolute Gasteiger partial charge is 0.491 e. The van der Waals surface area contributed by atoms with Gasteiger partial charge in [0.25, 0.3) is 0 Å². The number of hydrogen-bond donors (Lipinski definition) is 2. The molecule has 0 aliphatic carbocycles. The highest BCUT2D eigenvalue weighted by Crippen LogP contribution is 2.15. The molecule has 0 aromatic heterocycles. The number of aryl methyl sites for hydroxylation is 1. The Morgan fingerprint density at radius 2 is 2.33 bits per heavy atom. The van der Waals surface area contributed by atoms with Gasteiger partial charge in [0.15, 0.2) is 5.96 Å². The molecular weight excluding hydrogens is 302 g/mol. The number of aliphatic imine (C=N–C) groups is 1. The van der Waals surface area contributed by atoms with Crippen molar-refractivity contribution < 1.29 is 9.84 Å². The number of ether oxygens (including phenoxy) is 1. The molecule has 1 aromatic carbocycles. The van der Waals surface area contributed by atoms with E-state index in [0.29, 0.717) is 12.5 Å². The molecule has 0 saturated carbocycles. The standard InChI is InChI=1S/C19H31N3O2/c1-4-20-19(22-10-6-8-16(3)13-22)21-12-17(23)14-24-18-9-5-7-15(2)11-18/h5,7,9,11,16-17,23H,4,6,8,10,12-14H2,1-3H3,(H,20,21). The van der Waals surface area contributed by atoms with E-state index >= 15 is 0 Å². The average molecular weight is 333 g/mol. The number of nitrogens with zero attached hydrogens (tertiary/aromatic N) is 2. The van der Waals surface area contributed by atoms with Gasteiger partial charge in [-0.05, 0) is 50.3 Å². The summed E-state index contributed by atoms with van der Waals surface area (Å²) in [5.74, 6) is 2.38. The molecule has 24 heavy (non-hydrogen) atoms. The van der Waals surface area contributed by atoms with Gasteiger partial charge in [-0.2, -0.15) is 0 Å². The Hall–Kier alpha value is -1.75. The number of nitrogens with one attached hydrogen (secondary N) is 1. The van der Waals surface area contributed by atoms with E-state index in [1.807, 2.05) is 31.2 Å². The zero-order chi connectivity index (χ0) is 17.4. The van der Waals surface area contributed by atoms with Gasteiger partial charge in [-0.3, -0.25) is 4.99 Å². The first-order chi connectivity index (χ1) is 11.6. The van der Waals surface area contributed by atoms with Crippen molar-refractivity contribution in [2.75, 3.05) is 32.8 Å². The smallest absolute Gasteiger partial charge is 0.194 e. The summed E-state index contributed by atoms with van der Waals surface area (Å²) in [6.07, 6.45) is 1.87. The minimum absolute atomic E-state index is 0.253. The summed E-state index contributed by atoms with van der Waals surface area (Å²) in [4.78, 5) is 6.90. The van der Waals surface area contributed by atoms with Crippen LogP contribution in [0.4, 0.5) is 0 Å². The van der Waals surface area contributed by atoms with Crippen molar-refractivity contribution in [1.82, 2.24) is 10.2 Å². The van der Waals surface area contributed by atoms with Crippen LogP contribution in [0.5, 0.6) is 5.75 Å². The predicted octanol–water partition coefficient (Wildman–Crippen LogP) is 2.43. The number of aliphatic hydroxyl groups excluding tert-OH is 1. The molecule has 1 heterocycles. The molecule has 0 spiro atoms. The number of hydrogen-bond acceptors (Lipinski definition) is 3. The van der Waals surface area contributed by atoms with E-state index in [0.717, 1.165) is 36.9 Å². The van der Waals surface area contributed by atoms with Crippen LogP contribution in [0.15, 0.2) is 29.3 Å². The van der Waals surface area contributed by atoms with Crippen molar-refractivity contribution in [2.45, 2.75) is 39.7 Å². The molecule has 2 N–H and O–H groups in total. The lowest BCUT2D eigenvalue weighted by Crippen LogP contribution is -2.46. The van der Waals surface area contributed by atoms with E-state index in [9.17, 15) is 5.11 Å². The van der Waals surface area contributed by atoms with E-state index in [2.05, 4.69) is 29.1 Å². The predicted molar refractivity (Wildman–Crippen MR) is 98.6 cm³/mol. The van der Waals surface area contributed by atoms with Gasteiger partial charge >= 0.3 is 0 Å². The lowest BCUT2D eigenvalue weighted by molar-refractivity contribution is 0.114. The van der Waals surface area contributed by atoms with Crippen LogP contribution in [0.1, 0.15) is 32.3 Å². The topological polar surface area (TPSA) is 57.1 Å². The summed E-state index contributed by atoms with van der Waals surface area (Å²) in [5.41, 5.74) is 1.15. The number of benzene rings is 1. The SMILES string of the molecule is CCNC(=NCC(O)COc1cccc(C)c1)N1CCCC(C)C1. The Morgan fingerprint density at radius 3 is 3.04 bits per heavy atom. The average Bonchev–Trinajstić information content (AvgIpc) is 2.57. The zero-order valence-corrected chi connectivity index (χ0v) is 15.2. The fourth-order valence-corrected chi connectivity index (χ4v) is 2.95. The second-order valence-electron chi connectivity index (χ2n) is 6.67. The molecule has 0 amide bonds. The summed E-state index contributed by atoms with van der Waals surface area (Å²) in [7, 11) is 0. The number of guanidine groups is 1. The molecule has 0 radical (unpaired) electrons.